The molecule has 0 spiro atoms. The molecule has 0 saturated carbocycles. The maximum absolute atomic E-state index is 13.3. The molecule has 0 radical (unpaired) electrons. The van der Waals surface area contributed by atoms with Gasteiger partial charge in [0.1, 0.15) is 12.3 Å². The van der Waals surface area contributed by atoms with Gasteiger partial charge in [0.2, 0.25) is 12.5 Å². The Morgan fingerprint density at radius 3 is 2.68 bits per heavy atom. The summed E-state index contributed by atoms with van der Waals surface area (Å²) < 4.78 is 22.8. The van der Waals surface area contributed by atoms with Gasteiger partial charge in [-0.3, -0.25) is 4.79 Å². The first kappa shape index (κ1) is 21.2. The van der Waals surface area contributed by atoms with Crippen LogP contribution in [-0.2, 0) is 13.0 Å². The van der Waals surface area contributed by atoms with Gasteiger partial charge in [0.25, 0.3) is 0 Å². The van der Waals surface area contributed by atoms with Crippen molar-refractivity contribution in [3.63, 3.8) is 0 Å². The molecule has 0 aliphatic carbocycles. The lowest BCUT2D eigenvalue weighted by Gasteiger charge is -2.26. The average molecular weight is 425 g/mol. The first-order valence-corrected chi connectivity index (χ1v) is 10.9. The van der Waals surface area contributed by atoms with E-state index in [4.69, 9.17) is 18.9 Å². The number of allylic oxidation sites excluding steroid dienone is 1. The zero-order valence-electron chi connectivity index (χ0n) is 18.5. The van der Waals surface area contributed by atoms with Crippen molar-refractivity contribution in [3.8, 4) is 23.0 Å². The first-order chi connectivity index (χ1) is 15.1. The highest BCUT2D eigenvalue weighted by Gasteiger charge is 2.35. The monoisotopic (exact) mass is 424 g/mol. The minimum Gasteiger partial charge on any atom is -0.494 e. The molecule has 0 bridgehead atoms. The molecule has 0 saturated heterocycles. The Morgan fingerprint density at radius 2 is 1.94 bits per heavy atom. The third-order valence-corrected chi connectivity index (χ3v) is 5.79. The highest BCUT2D eigenvalue weighted by atomic mass is 16.7. The third kappa shape index (κ3) is 4.39. The number of methoxy groups -OCH3 is 1. The molecule has 4 rings (SSSR count). The lowest BCUT2D eigenvalue weighted by Crippen LogP contribution is -3.08. The molecule has 1 N–H and O–H groups in total. The molecule has 1 unspecified atom stereocenters. The van der Waals surface area contributed by atoms with Gasteiger partial charge in [-0.25, -0.2) is 0 Å². The molecule has 2 aromatic rings. The number of ketones is 1. The van der Waals surface area contributed by atoms with E-state index in [0.29, 0.717) is 22.8 Å². The predicted molar refractivity (Wildman–Crippen MR) is 118 cm³/mol. The van der Waals surface area contributed by atoms with Crippen LogP contribution in [0.15, 0.2) is 30.3 Å². The average Bonchev–Trinajstić information content (AvgIpc) is 3.26. The number of ether oxygens (including phenoxy) is 4. The maximum Gasteiger partial charge on any atom is 0.231 e. The molecule has 0 aromatic heterocycles. The first-order valence-electron chi connectivity index (χ1n) is 10.9. The van der Waals surface area contributed by atoms with Crippen molar-refractivity contribution in [1.82, 2.24) is 0 Å². The summed E-state index contributed by atoms with van der Waals surface area (Å²) in [6.07, 6.45) is 6.38. The number of hydrogen-bond acceptors (Lipinski definition) is 5. The SMILES string of the molecule is CCCCOc1ccc(/C=C/C(=O)c2c3c(c(OC)c4c2OCO4)C[NH+](C)CC3)cc1. The van der Waals surface area contributed by atoms with E-state index in [-0.39, 0.29) is 12.6 Å². The Balaban J connectivity index is 1.60. The fourth-order valence-corrected chi connectivity index (χ4v) is 4.13. The molecule has 0 fully saturated rings. The van der Waals surface area contributed by atoms with Crippen LogP contribution in [0.5, 0.6) is 23.0 Å². The van der Waals surface area contributed by atoms with Gasteiger partial charge in [0, 0.05) is 6.42 Å². The fourth-order valence-electron chi connectivity index (χ4n) is 4.13. The van der Waals surface area contributed by atoms with E-state index < -0.39 is 0 Å². The number of unbranched alkanes of at least 4 members (excludes halogenated alkanes) is 1. The van der Waals surface area contributed by atoms with Crippen LogP contribution in [0.4, 0.5) is 0 Å². The van der Waals surface area contributed by atoms with Crippen LogP contribution in [0, 0.1) is 0 Å². The Morgan fingerprint density at radius 1 is 1.16 bits per heavy atom. The number of fused-ring (bicyclic) bond motifs is 2. The number of hydrogen-bond donors (Lipinski definition) is 1. The van der Waals surface area contributed by atoms with Crippen LogP contribution < -0.4 is 23.8 Å². The van der Waals surface area contributed by atoms with Gasteiger partial charge in [-0.2, -0.15) is 0 Å². The van der Waals surface area contributed by atoms with Gasteiger partial charge in [-0.05, 0) is 35.8 Å². The predicted octanol–water partition coefficient (Wildman–Crippen LogP) is 3.07. The van der Waals surface area contributed by atoms with Gasteiger partial charge in [-0.1, -0.05) is 31.6 Å². The van der Waals surface area contributed by atoms with E-state index in [1.54, 1.807) is 13.2 Å². The van der Waals surface area contributed by atoms with Crippen molar-refractivity contribution in [3.05, 3.63) is 52.6 Å². The van der Waals surface area contributed by atoms with E-state index in [1.807, 2.05) is 30.3 Å². The summed E-state index contributed by atoms with van der Waals surface area (Å²) in [6.45, 7) is 4.70. The van der Waals surface area contributed by atoms with Crippen LogP contribution in [0.2, 0.25) is 0 Å². The molecule has 2 aliphatic heterocycles. The number of carbonyl (C=O) groups is 1. The van der Waals surface area contributed by atoms with E-state index >= 15 is 0 Å². The van der Waals surface area contributed by atoms with E-state index in [1.165, 1.54) is 4.90 Å². The molecule has 2 aromatic carbocycles. The molecule has 2 aliphatic rings. The Labute approximate surface area is 183 Å². The minimum absolute atomic E-state index is 0.0801. The molecule has 6 heteroatoms. The van der Waals surface area contributed by atoms with Crippen molar-refractivity contribution < 1.29 is 28.6 Å². The van der Waals surface area contributed by atoms with E-state index in [9.17, 15) is 4.79 Å². The van der Waals surface area contributed by atoms with Crippen LogP contribution in [0.3, 0.4) is 0 Å². The fraction of sp³-hybridized carbons (Fsp3) is 0.400. The summed E-state index contributed by atoms with van der Waals surface area (Å²) in [5.41, 5.74) is 3.60. The van der Waals surface area contributed by atoms with Crippen LogP contribution in [0.25, 0.3) is 6.08 Å². The molecule has 31 heavy (non-hydrogen) atoms. The van der Waals surface area contributed by atoms with Crippen molar-refractivity contribution in [2.75, 3.05) is 34.1 Å². The Kier molecular flexibility index (Phi) is 6.47. The van der Waals surface area contributed by atoms with Crippen LogP contribution >= 0.6 is 0 Å². The topological polar surface area (TPSA) is 58.4 Å². The number of benzene rings is 2. The minimum atomic E-state index is -0.0801. The summed E-state index contributed by atoms with van der Waals surface area (Å²) in [6, 6.07) is 7.78. The summed E-state index contributed by atoms with van der Waals surface area (Å²) in [5, 5.41) is 0. The molecular weight excluding hydrogens is 394 g/mol. The third-order valence-electron chi connectivity index (χ3n) is 5.79. The number of carbonyl (C=O) groups excluding carboxylic acids is 1. The standard InChI is InChI=1S/C25H29NO5/c1-4-5-14-29-18-9-6-17(7-10-18)8-11-21(27)22-19-12-13-26(2)15-20(19)23(28-3)25-24(22)30-16-31-25/h6-11H,4-5,12-16H2,1-3H3/p+1/b11-8+. The van der Waals surface area contributed by atoms with Crippen molar-refractivity contribution in [2.45, 2.75) is 32.7 Å². The summed E-state index contributed by atoms with van der Waals surface area (Å²) in [5.74, 6) is 2.51. The van der Waals surface area contributed by atoms with Crippen molar-refractivity contribution in [2.24, 2.45) is 0 Å². The van der Waals surface area contributed by atoms with Crippen LogP contribution in [-0.4, -0.2) is 39.9 Å². The van der Waals surface area contributed by atoms with Crippen molar-refractivity contribution in [1.29, 1.82) is 0 Å². The second kappa shape index (κ2) is 9.43. The van der Waals surface area contributed by atoms with Gasteiger partial charge >= 0.3 is 0 Å². The lowest BCUT2D eigenvalue weighted by molar-refractivity contribution is -0.895. The number of nitrogens with one attached hydrogen (secondary N) is 1. The molecule has 2 heterocycles. The zero-order chi connectivity index (χ0) is 21.8. The zero-order valence-corrected chi connectivity index (χ0v) is 18.5. The quantitative estimate of drug-likeness (QED) is 0.401. The number of likely N-dealkylation sites (N-methyl/N-ethyl adjacent to an activating group) is 1. The largest absolute Gasteiger partial charge is 0.494 e. The molecule has 0 amide bonds. The van der Waals surface area contributed by atoms with Crippen molar-refractivity contribution >= 4 is 11.9 Å². The van der Waals surface area contributed by atoms with Gasteiger partial charge in [0.15, 0.2) is 17.3 Å². The molecule has 6 nitrogen and oxygen atoms in total. The smallest absolute Gasteiger partial charge is 0.231 e. The highest BCUT2D eigenvalue weighted by molar-refractivity contribution is 6.11. The van der Waals surface area contributed by atoms with Gasteiger partial charge in [0.05, 0.1) is 38.4 Å². The number of rotatable bonds is 8. The van der Waals surface area contributed by atoms with Crippen LogP contribution in [0.1, 0.15) is 46.8 Å². The van der Waals surface area contributed by atoms with E-state index in [0.717, 1.165) is 61.4 Å². The summed E-state index contributed by atoms with van der Waals surface area (Å²) in [4.78, 5) is 14.7. The summed E-state index contributed by atoms with van der Waals surface area (Å²) in [7, 11) is 3.78. The second-order valence-electron chi connectivity index (χ2n) is 8.03. The molecule has 1 atom stereocenters. The van der Waals surface area contributed by atoms with E-state index in [2.05, 4.69) is 14.0 Å². The normalized spacial score (nSPS) is 16.9. The lowest BCUT2D eigenvalue weighted by atomic mass is 9.90. The van der Waals surface area contributed by atoms with Gasteiger partial charge < -0.3 is 23.8 Å². The molecule has 164 valence electrons. The number of quaternary nitrogens is 1. The maximum atomic E-state index is 13.3. The second-order valence-corrected chi connectivity index (χ2v) is 8.03. The summed E-state index contributed by atoms with van der Waals surface area (Å²) >= 11 is 0. The molecular formula is C25H30NO5+. The Hall–Kier alpha value is -2.99. The Bertz CT molecular complexity index is 981. The highest BCUT2D eigenvalue weighted by Crippen LogP contribution is 2.48. The van der Waals surface area contributed by atoms with Gasteiger partial charge in [-0.15, -0.1) is 0 Å².